The molecule has 1 fully saturated rings. The Kier molecular flexibility index (Phi) is 6.05. The van der Waals surface area contributed by atoms with Crippen molar-refractivity contribution in [2.24, 2.45) is 0 Å². The lowest BCUT2D eigenvalue weighted by Crippen LogP contribution is -2.30. The van der Waals surface area contributed by atoms with Crippen molar-refractivity contribution in [3.63, 3.8) is 0 Å². The molecule has 1 aliphatic rings. The number of benzene rings is 2. The van der Waals surface area contributed by atoms with Crippen LogP contribution in [0.3, 0.4) is 0 Å². The molecule has 3 rings (SSSR count). The van der Waals surface area contributed by atoms with Crippen molar-refractivity contribution < 1.29 is 19.4 Å². The SMILES string of the molecule is CCCCN1C(=O)C(=O)C(=C(O)c2ccc(Cl)cc2)[C@H]1c1ccc(OC)cc1. The molecular formula is C22H22ClNO4. The summed E-state index contributed by atoms with van der Waals surface area (Å²) in [4.78, 5) is 27.0. The Morgan fingerprint density at radius 2 is 1.75 bits per heavy atom. The number of ether oxygens (including phenoxy) is 1. The first-order valence-corrected chi connectivity index (χ1v) is 9.54. The average Bonchev–Trinajstić information content (AvgIpc) is 2.97. The first kappa shape index (κ1) is 20.0. The van der Waals surface area contributed by atoms with E-state index in [1.165, 1.54) is 4.90 Å². The summed E-state index contributed by atoms with van der Waals surface area (Å²) in [7, 11) is 1.57. The number of unbranched alkanes of at least 4 members (excludes halogenated alkanes) is 1. The van der Waals surface area contributed by atoms with E-state index in [4.69, 9.17) is 16.3 Å². The maximum absolute atomic E-state index is 12.8. The van der Waals surface area contributed by atoms with Gasteiger partial charge >= 0.3 is 0 Å². The van der Waals surface area contributed by atoms with Gasteiger partial charge in [-0.25, -0.2) is 0 Å². The second-order valence-electron chi connectivity index (χ2n) is 6.63. The number of hydrogen-bond acceptors (Lipinski definition) is 4. The molecule has 0 spiro atoms. The number of hydrogen-bond donors (Lipinski definition) is 1. The Bertz CT molecular complexity index is 903. The van der Waals surface area contributed by atoms with E-state index in [0.717, 1.165) is 18.4 Å². The number of rotatable bonds is 6. The van der Waals surface area contributed by atoms with Gasteiger partial charge in [0.2, 0.25) is 0 Å². The van der Waals surface area contributed by atoms with Gasteiger partial charge in [-0.15, -0.1) is 0 Å². The van der Waals surface area contributed by atoms with Crippen LogP contribution in [-0.4, -0.2) is 35.4 Å². The number of carbonyl (C=O) groups is 2. The maximum atomic E-state index is 12.8. The van der Waals surface area contributed by atoms with E-state index in [2.05, 4.69) is 0 Å². The van der Waals surface area contributed by atoms with Gasteiger partial charge in [0.25, 0.3) is 11.7 Å². The predicted octanol–water partition coefficient (Wildman–Crippen LogP) is 4.57. The van der Waals surface area contributed by atoms with Crippen LogP contribution >= 0.6 is 11.6 Å². The summed E-state index contributed by atoms with van der Waals surface area (Å²) >= 11 is 5.92. The van der Waals surface area contributed by atoms with Crippen LogP contribution in [0.5, 0.6) is 5.75 Å². The molecule has 1 amide bonds. The van der Waals surface area contributed by atoms with Gasteiger partial charge in [-0.05, 0) is 48.4 Å². The number of nitrogens with zero attached hydrogens (tertiary/aromatic N) is 1. The smallest absolute Gasteiger partial charge is 0.295 e. The third-order valence-corrected chi connectivity index (χ3v) is 5.09. The van der Waals surface area contributed by atoms with E-state index < -0.39 is 17.7 Å². The van der Waals surface area contributed by atoms with E-state index in [-0.39, 0.29) is 11.3 Å². The fourth-order valence-electron chi connectivity index (χ4n) is 3.34. The standard InChI is InChI=1S/C22H22ClNO4/c1-3-4-13-24-19(14-7-11-17(28-2)12-8-14)18(21(26)22(24)27)20(25)15-5-9-16(23)10-6-15/h5-12,19,25H,3-4,13H2,1-2H3/t19-/m1/s1. The van der Waals surface area contributed by atoms with Crippen molar-refractivity contribution in [3.05, 3.63) is 70.3 Å². The Balaban J connectivity index is 2.13. The van der Waals surface area contributed by atoms with Crippen LogP contribution in [0.25, 0.3) is 5.76 Å². The van der Waals surface area contributed by atoms with Gasteiger partial charge in [0.1, 0.15) is 11.5 Å². The van der Waals surface area contributed by atoms with Gasteiger partial charge in [0.15, 0.2) is 0 Å². The minimum absolute atomic E-state index is 0.0913. The number of aliphatic hydroxyl groups is 1. The molecular weight excluding hydrogens is 378 g/mol. The molecule has 1 atom stereocenters. The maximum Gasteiger partial charge on any atom is 0.295 e. The van der Waals surface area contributed by atoms with Crippen LogP contribution in [0.4, 0.5) is 0 Å². The van der Waals surface area contributed by atoms with Gasteiger partial charge in [0.05, 0.1) is 18.7 Å². The predicted molar refractivity (Wildman–Crippen MR) is 108 cm³/mol. The van der Waals surface area contributed by atoms with Crippen molar-refractivity contribution in [1.29, 1.82) is 0 Å². The van der Waals surface area contributed by atoms with Crippen molar-refractivity contribution in [2.75, 3.05) is 13.7 Å². The van der Waals surface area contributed by atoms with Gasteiger partial charge < -0.3 is 14.7 Å². The molecule has 0 radical (unpaired) electrons. The van der Waals surface area contributed by atoms with Gasteiger partial charge in [-0.2, -0.15) is 0 Å². The summed E-state index contributed by atoms with van der Waals surface area (Å²) in [5.41, 5.74) is 1.27. The fourth-order valence-corrected chi connectivity index (χ4v) is 3.46. The molecule has 146 valence electrons. The molecule has 1 N–H and O–H groups in total. The van der Waals surface area contributed by atoms with Gasteiger partial charge in [-0.3, -0.25) is 9.59 Å². The van der Waals surface area contributed by atoms with Crippen molar-refractivity contribution in [3.8, 4) is 5.75 Å². The zero-order valence-electron chi connectivity index (χ0n) is 15.8. The van der Waals surface area contributed by atoms with E-state index in [9.17, 15) is 14.7 Å². The number of halogens is 1. The zero-order valence-corrected chi connectivity index (χ0v) is 16.6. The van der Waals surface area contributed by atoms with Crippen molar-refractivity contribution >= 4 is 29.1 Å². The number of ketones is 1. The lowest BCUT2D eigenvalue weighted by molar-refractivity contribution is -0.139. The first-order valence-electron chi connectivity index (χ1n) is 9.16. The number of carbonyl (C=O) groups excluding carboxylic acids is 2. The van der Waals surface area contributed by atoms with Crippen LogP contribution in [0.1, 0.15) is 36.9 Å². The number of amides is 1. The van der Waals surface area contributed by atoms with Crippen LogP contribution in [-0.2, 0) is 9.59 Å². The van der Waals surface area contributed by atoms with E-state index >= 15 is 0 Å². The second-order valence-corrected chi connectivity index (χ2v) is 7.06. The molecule has 0 bridgehead atoms. The summed E-state index contributed by atoms with van der Waals surface area (Å²) in [6.07, 6.45) is 1.65. The molecule has 1 saturated heterocycles. The Morgan fingerprint density at radius 3 is 2.32 bits per heavy atom. The Hall–Kier alpha value is -2.79. The third-order valence-electron chi connectivity index (χ3n) is 4.84. The normalized spacial score (nSPS) is 18.5. The Morgan fingerprint density at radius 1 is 1.11 bits per heavy atom. The summed E-state index contributed by atoms with van der Waals surface area (Å²) in [5, 5.41) is 11.4. The largest absolute Gasteiger partial charge is 0.507 e. The number of likely N-dealkylation sites (tertiary alicyclic amines) is 1. The highest BCUT2D eigenvalue weighted by atomic mass is 35.5. The van der Waals surface area contributed by atoms with E-state index in [0.29, 0.717) is 22.9 Å². The molecule has 2 aromatic rings. The van der Waals surface area contributed by atoms with E-state index in [1.54, 1.807) is 43.5 Å². The van der Waals surface area contributed by atoms with Crippen LogP contribution in [0.2, 0.25) is 5.02 Å². The average molecular weight is 400 g/mol. The van der Waals surface area contributed by atoms with Gasteiger partial charge in [0, 0.05) is 17.1 Å². The molecule has 0 unspecified atom stereocenters. The van der Waals surface area contributed by atoms with Crippen LogP contribution < -0.4 is 4.74 Å². The highest BCUT2D eigenvalue weighted by Gasteiger charge is 2.45. The number of methoxy groups -OCH3 is 1. The molecule has 28 heavy (non-hydrogen) atoms. The summed E-state index contributed by atoms with van der Waals surface area (Å²) in [5.74, 6) is -0.795. The minimum Gasteiger partial charge on any atom is -0.507 e. The monoisotopic (exact) mass is 399 g/mol. The second kappa shape index (κ2) is 8.48. The summed E-state index contributed by atoms with van der Waals surface area (Å²) in [6.45, 7) is 2.46. The number of aliphatic hydroxyl groups excluding tert-OH is 1. The van der Waals surface area contributed by atoms with Crippen LogP contribution in [0, 0.1) is 0 Å². The summed E-state index contributed by atoms with van der Waals surface area (Å²) in [6, 6.07) is 13.0. The highest BCUT2D eigenvalue weighted by molar-refractivity contribution is 6.46. The lowest BCUT2D eigenvalue weighted by atomic mass is 9.95. The fraction of sp³-hybridized carbons (Fsp3) is 0.273. The van der Waals surface area contributed by atoms with Gasteiger partial charge in [-0.1, -0.05) is 37.1 Å². The molecule has 5 nitrogen and oxygen atoms in total. The quantitative estimate of drug-likeness (QED) is 0.439. The molecule has 6 heteroatoms. The zero-order chi connectivity index (χ0) is 20.3. The molecule has 0 aromatic heterocycles. The molecule has 0 saturated carbocycles. The minimum atomic E-state index is -0.677. The van der Waals surface area contributed by atoms with Crippen molar-refractivity contribution in [2.45, 2.75) is 25.8 Å². The lowest BCUT2D eigenvalue weighted by Gasteiger charge is -2.25. The third kappa shape index (κ3) is 3.76. The number of Topliss-reactive ketones (excluding diaryl/α,β-unsaturated/α-hetero) is 1. The molecule has 0 aliphatic carbocycles. The molecule has 1 aliphatic heterocycles. The molecule has 2 aromatic carbocycles. The first-order chi connectivity index (χ1) is 13.5. The summed E-state index contributed by atoms with van der Waals surface area (Å²) < 4.78 is 5.20. The van der Waals surface area contributed by atoms with Crippen LogP contribution in [0.15, 0.2) is 54.1 Å². The van der Waals surface area contributed by atoms with Crippen molar-refractivity contribution in [1.82, 2.24) is 4.90 Å². The highest BCUT2D eigenvalue weighted by Crippen LogP contribution is 2.40. The van der Waals surface area contributed by atoms with E-state index in [1.807, 2.05) is 19.1 Å². The topological polar surface area (TPSA) is 66.8 Å². The molecule has 1 heterocycles. The Labute approximate surface area is 169 Å².